The molecule has 0 aromatic carbocycles. The number of fused-ring (bicyclic) bond motifs is 7. The van der Waals surface area contributed by atoms with Gasteiger partial charge in [0.25, 0.3) is 0 Å². The summed E-state index contributed by atoms with van der Waals surface area (Å²) < 4.78 is 0. The highest BCUT2D eigenvalue weighted by molar-refractivity contribution is 6.09. The molecule has 0 aliphatic heterocycles. The summed E-state index contributed by atoms with van der Waals surface area (Å²) in [4.78, 5) is 37.3. The zero-order valence-corrected chi connectivity index (χ0v) is 27.5. The molecule has 1 aromatic heterocycles. The molecule has 0 unspecified atom stereocenters. The molecule has 5 aliphatic carbocycles. The highest BCUT2D eigenvalue weighted by Gasteiger charge is 2.70. The number of aromatic nitrogens is 2. The second-order valence-electron chi connectivity index (χ2n) is 16.6. The zero-order valence-electron chi connectivity index (χ0n) is 27.5. The van der Waals surface area contributed by atoms with Crippen LogP contribution in [0.4, 0.5) is 5.95 Å². The van der Waals surface area contributed by atoms with Crippen LogP contribution in [0.15, 0.2) is 17.2 Å². The molecule has 1 aromatic rings. The molecule has 42 heavy (non-hydrogen) atoms. The molecular formula is C36H53N3O3. The van der Waals surface area contributed by atoms with Crippen molar-refractivity contribution >= 4 is 17.6 Å². The van der Waals surface area contributed by atoms with Crippen LogP contribution in [0.1, 0.15) is 118 Å². The topological polar surface area (TPSA) is 92.2 Å². The summed E-state index contributed by atoms with van der Waals surface area (Å²) in [5.74, 6) is 1.78. The number of anilines is 1. The Morgan fingerprint density at radius 2 is 1.57 bits per heavy atom. The number of ketones is 1. The van der Waals surface area contributed by atoms with Crippen LogP contribution in [0, 0.1) is 64.6 Å². The minimum absolute atomic E-state index is 0.00436. The van der Waals surface area contributed by atoms with Crippen molar-refractivity contribution in [2.45, 2.75) is 126 Å². The number of Topliss-reactive ketones (excluding diaryl/α,β-unsaturated/α-hetero) is 1. The predicted molar refractivity (Wildman–Crippen MR) is 166 cm³/mol. The van der Waals surface area contributed by atoms with Gasteiger partial charge in [-0.1, -0.05) is 48.5 Å². The quantitative estimate of drug-likeness (QED) is 0.392. The highest BCUT2D eigenvalue weighted by Crippen LogP contribution is 2.76. The van der Waals surface area contributed by atoms with Crippen molar-refractivity contribution in [3.8, 4) is 0 Å². The molecule has 8 atom stereocenters. The van der Waals surface area contributed by atoms with Gasteiger partial charge in [-0.15, -0.1) is 0 Å². The molecular weight excluding hydrogens is 522 g/mol. The number of carbonyl (C=O) groups is 2. The number of nitrogens with one attached hydrogen (secondary N) is 1. The van der Waals surface area contributed by atoms with Gasteiger partial charge in [0, 0.05) is 17.8 Å². The molecule has 2 N–H and O–H groups in total. The van der Waals surface area contributed by atoms with Crippen molar-refractivity contribution in [1.29, 1.82) is 0 Å². The van der Waals surface area contributed by atoms with Crippen LogP contribution in [0.3, 0.4) is 0 Å². The average molecular weight is 576 g/mol. The first-order chi connectivity index (χ1) is 19.5. The molecule has 1 amide bonds. The van der Waals surface area contributed by atoms with Crippen molar-refractivity contribution in [2.75, 3.05) is 5.32 Å². The number of hydrogen-bond acceptors (Lipinski definition) is 5. The van der Waals surface area contributed by atoms with Crippen LogP contribution >= 0.6 is 0 Å². The smallest absolute Gasteiger partial charge is 0.237 e. The summed E-state index contributed by atoms with van der Waals surface area (Å²) in [7, 11) is 0. The molecule has 0 radical (unpaired) electrons. The van der Waals surface area contributed by atoms with Gasteiger partial charge in [-0.3, -0.25) is 14.9 Å². The summed E-state index contributed by atoms with van der Waals surface area (Å²) >= 11 is 0. The number of hydrogen-bond donors (Lipinski definition) is 2. The highest BCUT2D eigenvalue weighted by atomic mass is 16.3. The van der Waals surface area contributed by atoms with Gasteiger partial charge in [0.1, 0.15) is 0 Å². The van der Waals surface area contributed by atoms with E-state index in [1.807, 2.05) is 19.9 Å². The Kier molecular flexibility index (Phi) is 6.75. The third-order valence-electron chi connectivity index (χ3n) is 14.1. The normalized spacial score (nSPS) is 42.5. The first kappa shape index (κ1) is 30.0. The fraction of sp³-hybridized carbons (Fsp3) is 0.778. The molecule has 6 heteroatoms. The Balaban J connectivity index is 1.42. The van der Waals surface area contributed by atoms with E-state index in [-0.39, 0.29) is 57.7 Å². The van der Waals surface area contributed by atoms with Gasteiger partial charge in [-0.2, -0.15) is 0 Å². The number of carbonyl (C=O) groups excluding carboxylic acids is 2. The number of amides is 1. The van der Waals surface area contributed by atoms with Crippen molar-refractivity contribution in [2.24, 2.45) is 50.7 Å². The first-order valence-corrected chi connectivity index (χ1v) is 16.6. The van der Waals surface area contributed by atoms with Crippen molar-refractivity contribution in [3.63, 3.8) is 0 Å². The van der Waals surface area contributed by atoms with Crippen LogP contribution in [-0.4, -0.2) is 32.9 Å². The van der Waals surface area contributed by atoms with E-state index in [9.17, 15) is 14.7 Å². The molecule has 4 fully saturated rings. The molecule has 5 aliphatic rings. The number of nitrogens with zero attached hydrogens (tertiary/aromatic N) is 2. The Morgan fingerprint density at radius 1 is 0.905 bits per heavy atom. The molecule has 6 rings (SSSR count). The lowest BCUT2D eigenvalue weighted by atomic mass is 9.33. The molecule has 0 saturated heterocycles. The van der Waals surface area contributed by atoms with E-state index in [1.54, 1.807) is 0 Å². The van der Waals surface area contributed by atoms with Gasteiger partial charge in [-0.25, -0.2) is 9.97 Å². The minimum atomic E-state index is -0.816. The Morgan fingerprint density at radius 3 is 2.21 bits per heavy atom. The number of allylic oxidation sites excluding steroid dienone is 1. The van der Waals surface area contributed by atoms with Crippen LogP contribution in [0.5, 0.6) is 0 Å². The van der Waals surface area contributed by atoms with E-state index in [4.69, 9.17) is 0 Å². The van der Waals surface area contributed by atoms with E-state index < -0.39 is 5.41 Å². The number of aliphatic hydroxyl groups excluding tert-OH is 1. The molecule has 4 saturated carbocycles. The van der Waals surface area contributed by atoms with Crippen LogP contribution < -0.4 is 5.32 Å². The monoisotopic (exact) mass is 575 g/mol. The second kappa shape index (κ2) is 9.46. The standard InChI is InChI=1S/C36H53N3O3/c1-20(2)28-24(40)19-36(30(42)39-31-37-21(3)18-22(4)38-31)17-16-34(8)23(29(28)36)10-11-26-33(7)14-13-27(41)32(5,6)25(33)12-15-35(26,34)9/h18,20,23,25-27,41H,10-17,19H2,1-9H3,(H,37,38,39,42)/t23-,25+,26-,27+,33+,34-,35-,36-/m1/s1. The Hall–Kier alpha value is -2.08. The third kappa shape index (κ3) is 3.85. The van der Waals surface area contributed by atoms with Gasteiger partial charge in [0.15, 0.2) is 5.78 Å². The van der Waals surface area contributed by atoms with Gasteiger partial charge in [0.05, 0.1) is 11.5 Å². The third-order valence-corrected chi connectivity index (χ3v) is 14.1. The first-order valence-electron chi connectivity index (χ1n) is 16.6. The zero-order chi connectivity index (χ0) is 30.6. The van der Waals surface area contributed by atoms with Gasteiger partial charge in [-0.05, 0) is 128 Å². The van der Waals surface area contributed by atoms with Gasteiger partial charge < -0.3 is 5.11 Å². The largest absolute Gasteiger partial charge is 0.393 e. The van der Waals surface area contributed by atoms with Gasteiger partial charge >= 0.3 is 0 Å². The van der Waals surface area contributed by atoms with Gasteiger partial charge in [0.2, 0.25) is 11.9 Å². The van der Waals surface area contributed by atoms with Crippen LogP contribution in [-0.2, 0) is 9.59 Å². The Labute approximate surface area is 252 Å². The summed E-state index contributed by atoms with van der Waals surface area (Å²) in [6.45, 7) is 20.3. The lowest BCUT2D eigenvalue weighted by Crippen LogP contribution is -2.66. The van der Waals surface area contributed by atoms with E-state index in [1.165, 1.54) is 0 Å². The number of rotatable bonds is 3. The lowest BCUT2D eigenvalue weighted by Gasteiger charge is -2.72. The van der Waals surface area contributed by atoms with Crippen LogP contribution in [0.25, 0.3) is 0 Å². The average Bonchev–Trinajstić information content (AvgIpc) is 3.20. The fourth-order valence-electron chi connectivity index (χ4n) is 11.9. The van der Waals surface area contributed by atoms with Crippen LogP contribution in [0.2, 0.25) is 0 Å². The summed E-state index contributed by atoms with van der Waals surface area (Å²) in [6.07, 6.45) is 8.08. The van der Waals surface area contributed by atoms with E-state index in [0.717, 1.165) is 67.5 Å². The van der Waals surface area contributed by atoms with E-state index >= 15 is 0 Å². The van der Waals surface area contributed by atoms with Crippen molar-refractivity contribution in [1.82, 2.24) is 9.97 Å². The lowest BCUT2D eigenvalue weighted by molar-refractivity contribution is -0.228. The summed E-state index contributed by atoms with van der Waals surface area (Å²) in [6, 6.07) is 1.91. The molecule has 6 nitrogen and oxygen atoms in total. The summed E-state index contributed by atoms with van der Waals surface area (Å²) in [5, 5.41) is 14.1. The molecule has 230 valence electrons. The maximum atomic E-state index is 14.4. The Bertz CT molecular complexity index is 1340. The summed E-state index contributed by atoms with van der Waals surface area (Å²) in [5.41, 5.74) is 3.13. The predicted octanol–water partition coefficient (Wildman–Crippen LogP) is 7.37. The molecule has 0 spiro atoms. The van der Waals surface area contributed by atoms with Crippen molar-refractivity contribution < 1.29 is 14.7 Å². The maximum absolute atomic E-state index is 14.4. The number of aryl methyl sites for hydroxylation is 2. The van der Waals surface area contributed by atoms with E-state index in [2.05, 4.69) is 63.8 Å². The SMILES string of the molecule is Cc1cc(C)nc(NC(=O)[C@@]23CC[C@]4(C)[C@H](CC[C@@H]5[C@@]6(C)CC[C@H](O)C(C)(C)[C@@H]6CC[C@]54C)C2=C(C(C)C)C(=O)C3)n1. The number of aliphatic hydroxyl groups is 1. The van der Waals surface area contributed by atoms with E-state index in [0.29, 0.717) is 24.2 Å². The molecule has 0 bridgehead atoms. The fourth-order valence-corrected chi connectivity index (χ4v) is 11.9. The van der Waals surface area contributed by atoms with Crippen molar-refractivity contribution in [3.05, 3.63) is 28.6 Å². The maximum Gasteiger partial charge on any atom is 0.237 e. The molecule has 1 heterocycles. The second-order valence-corrected chi connectivity index (χ2v) is 16.6. The minimum Gasteiger partial charge on any atom is -0.393 e.